The highest BCUT2D eigenvalue weighted by Gasteiger charge is 2.10. The smallest absolute Gasteiger partial charge is 0.243 e. The summed E-state index contributed by atoms with van der Waals surface area (Å²) < 4.78 is 5.89. The maximum atomic E-state index is 10.9. The Balaban J connectivity index is 1.16. The second-order valence-electron chi connectivity index (χ2n) is 9.51. The molecular formula is C30H38N6O3. The minimum atomic E-state index is -0.309. The van der Waals surface area contributed by atoms with Gasteiger partial charge in [-0.2, -0.15) is 0 Å². The Bertz CT molecular complexity index is 1280. The fraction of sp³-hybridized carbons (Fsp3) is 0.367. The summed E-state index contributed by atoms with van der Waals surface area (Å²) in [5, 5.41) is 16.3. The molecule has 206 valence electrons. The second-order valence-corrected chi connectivity index (χ2v) is 9.51. The number of rotatable bonds is 17. The number of unbranched alkanes of at least 4 members (excludes halogenated alkanes) is 4. The number of carbonyl (C=O) groups excluding carboxylic acids is 1. The summed E-state index contributed by atoms with van der Waals surface area (Å²) in [6, 6.07) is 20.6. The number of benzene rings is 2. The monoisotopic (exact) mass is 530 g/mol. The molecule has 0 aliphatic rings. The maximum Gasteiger partial charge on any atom is 0.243 e. The van der Waals surface area contributed by atoms with Gasteiger partial charge in [-0.3, -0.25) is 10.0 Å². The third kappa shape index (κ3) is 9.08. The SMILES string of the molecule is O=C(CCCCCCCNCCOc1ccc(-c2cc3c(NCCc4ccccc4)ncnc3[nH]2)cc1)NO. The molecule has 0 saturated carbocycles. The van der Waals surface area contributed by atoms with E-state index in [2.05, 4.69) is 55.9 Å². The first-order valence-corrected chi connectivity index (χ1v) is 13.7. The number of aromatic nitrogens is 3. The van der Waals surface area contributed by atoms with Crippen LogP contribution in [0.4, 0.5) is 5.82 Å². The number of carbonyl (C=O) groups is 1. The lowest BCUT2D eigenvalue weighted by Crippen LogP contribution is -2.22. The molecule has 1 amide bonds. The molecule has 9 nitrogen and oxygen atoms in total. The van der Waals surface area contributed by atoms with Gasteiger partial charge in [0.05, 0.1) is 5.39 Å². The van der Waals surface area contributed by atoms with E-state index in [4.69, 9.17) is 9.94 Å². The van der Waals surface area contributed by atoms with E-state index >= 15 is 0 Å². The fourth-order valence-electron chi connectivity index (χ4n) is 4.42. The van der Waals surface area contributed by atoms with E-state index in [0.29, 0.717) is 13.0 Å². The standard InChI is InChI=1S/C30H38N6O3/c37-28(36-38)11-7-2-1-3-8-17-31-19-20-39-25-14-12-24(13-15-25)27-21-26-29(33-22-34-30(26)35-27)32-18-16-23-9-5-4-6-10-23/h4-6,9-10,12-15,21-22,31,38H,1-3,7-8,11,16-20H2,(H,36,37)(H2,32,33,34,35). The van der Waals surface area contributed by atoms with Crippen LogP contribution in [0.15, 0.2) is 67.0 Å². The number of hydrogen-bond donors (Lipinski definition) is 5. The number of fused-ring (bicyclic) bond motifs is 1. The first-order valence-electron chi connectivity index (χ1n) is 13.7. The first-order chi connectivity index (χ1) is 19.2. The number of hydrogen-bond acceptors (Lipinski definition) is 7. The van der Waals surface area contributed by atoms with Gasteiger partial charge in [0, 0.05) is 25.2 Å². The van der Waals surface area contributed by atoms with E-state index in [1.807, 2.05) is 30.3 Å². The highest BCUT2D eigenvalue weighted by molar-refractivity contribution is 5.91. The van der Waals surface area contributed by atoms with Gasteiger partial charge in [-0.05, 0) is 67.3 Å². The molecule has 0 aliphatic heterocycles. The summed E-state index contributed by atoms with van der Waals surface area (Å²) >= 11 is 0. The first kappa shape index (κ1) is 28.1. The topological polar surface area (TPSA) is 124 Å². The molecule has 9 heteroatoms. The average molecular weight is 531 g/mol. The van der Waals surface area contributed by atoms with Crippen molar-refractivity contribution in [1.29, 1.82) is 0 Å². The van der Waals surface area contributed by atoms with Crippen LogP contribution in [-0.4, -0.2) is 52.3 Å². The molecule has 2 aromatic carbocycles. The normalized spacial score (nSPS) is 11.0. The molecule has 4 rings (SSSR count). The molecule has 5 N–H and O–H groups in total. The predicted molar refractivity (Wildman–Crippen MR) is 154 cm³/mol. The predicted octanol–water partition coefficient (Wildman–Crippen LogP) is 5.09. The van der Waals surface area contributed by atoms with Crippen LogP contribution in [0, 0.1) is 0 Å². The van der Waals surface area contributed by atoms with Gasteiger partial charge in [0.25, 0.3) is 0 Å². The van der Waals surface area contributed by atoms with Crippen molar-refractivity contribution in [2.75, 3.05) is 31.6 Å². The van der Waals surface area contributed by atoms with E-state index in [-0.39, 0.29) is 5.91 Å². The van der Waals surface area contributed by atoms with Crippen LogP contribution in [0.2, 0.25) is 0 Å². The maximum absolute atomic E-state index is 10.9. The van der Waals surface area contributed by atoms with Crippen molar-refractivity contribution in [1.82, 2.24) is 25.7 Å². The lowest BCUT2D eigenvalue weighted by Gasteiger charge is -2.08. The third-order valence-electron chi connectivity index (χ3n) is 6.57. The molecule has 0 atom stereocenters. The number of nitrogens with one attached hydrogen (secondary N) is 4. The van der Waals surface area contributed by atoms with E-state index in [1.165, 1.54) is 5.56 Å². The second kappa shape index (κ2) is 15.5. The largest absolute Gasteiger partial charge is 0.492 e. The minimum absolute atomic E-state index is 0.309. The summed E-state index contributed by atoms with van der Waals surface area (Å²) in [5.74, 6) is 1.36. The van der Waals surface area contributed by atoms with Crippen molar-refractivity contribution >= 4 is 22.8 Å². The van der Waals surface area contributed by atoms with E-state index in [1.54, 1.807) is 11.8 Å². The Morgan fingerprint density at radius 2 is 1.69 bits per heavy atom. The number of ether oxygens (including phenoxy) is 1. The zero-order valence-electron chi connectivity index (χ0n) is 22.3. The molecule has 0 spiro atoms. The molecule has 0 unspecified atom stereocenters. The van der Waals surface area contributed by atoms with Crippen molar-refractivity contribution in [3.8, 4) is 17.0 Å². The Kier molecular flexibility index (Phi) is 11.1. The van der Waals surface area contributed by atoms with Gasteiger partial charge in [0.2, 0.25) is 5.91 Å². The number of H-pyrrole nitrogens is 1. The summed E-state index contributed by atoms with van der Waals surface area (Å²) in [4.78, 5) is 23.2. The molecule has 4 aromatic rings. The van der Waals surface area contributed by atoms with Crippen LogP contribution in [0.3, 0.4) is 0 Å². The van der Waals surface area contributed by atoms with E-state index < -0.39 is 0 Å². The number of aromatic amines is 1. The molecule has 0 saturated heterocycles. The minimum Gasteiger partial charge on any atom is -0.492 e. The van der Waals surface area contributed by atoms with Crippen molar-refractivity contribution in [3.63, 3.8) is 0 Å². The Morgan fingerprint density at radius 1 is 0.897 bits per heavy atom. The molecule has 0 radical (unpaired) electrons. The van der Waals surface area contributed by atoms with Gasteiger partial charge >= 0.3 is 0 Å². The fourth-order valence-corrected chi connectivity index (χ4v) is 4.42. The van der Waals surface area contributed by atoms with Crippen LogP contribution in [-0.2, 0) is 11.2 Å². The third-order valence-corrected chi connectivity index (χ3v) is 6.57. The summed E-state index contributed by atoms with van der Waals surface area (Å²) in [6.45, 7) is 3.14. The molecule has 39 heavy (non-hydrogen) atoms. The van der Waals surface area contributed by atoms with Crippen molar-refractivity contribution in [2.45, 2.75) is 44.9 Å². The zero-order valence-corrected chi connectivity index (χ0v) is 22.3. The van der Waals surface area contributed by atoms with Crippen LogP contribution >= 0.6 is 0 Å². The zero-order chi connectivity index (χ0) is 27.1. The average Bonchev–Trinajstić information content (AvgIpc) is 3.42. The Morgan fingerprint density at radius 3 is 2.51 bits per heavy atom. The van der Waals surface area contributed by atoms with Gasteiger partial charge in [0.1, 0.15) is 30.1 Å². The van der Waals surface area contributed by atoms with E-state index in [9.17, 15) is 4.79 Å². The number of anilines is 1. The number of amides is 1. The van der Waals surface area contributed by atoms with Crippen LogP contribution in [0.1, 0.15) is 44.1 Å². The Labute approximate surface area is 229 Å². The molecular weight excluding hydrogens is 492 g/mol. The van der Waals surface area contributed by atoms with Gasteiger partial charge in [-0.1, -0.05) is 49.6 Å². The van der Waals surface area contributed by atoms with Crippen LogP contribution in [0.25, 0.3) is 22.3 Å². The van der Waals surface area contributed by atoms with Gasteiger partial charge in [-0.25, -0.2) is 15.4 Å². The van der Waals surface area contributed by atoms with Crippen molar-refractivity contribution < 1.29 is 14.7 Å². The van der Waals surface area contributed by atoms with Crippen molar-refractivity contribution in [3.05, 3.63) is 72.6 Å². The highest BCUT2D eigenvalue weighted by Crippen LogP contribution is 2.28. The lowest BCUT2D eigenvalue weighted by molar-refractivity contribution is -0.129. The lowest BCUT2D eigenvalue weighted by atomic mass is 10.1. The number of nitrogens with zero attached hydrogens (tertiary/aromatic N) is 2. The van der Waals surface area contributed by atoms with Crippen LogP contribution in [0.5, 0.6) is 5.75 Å². The van der Waals surface area contributed by atoms with Crippen LogP contribution < -0.4 is 20.9 Å². The summed E-state index contributed by atoms with van der Waals surface area (Å²) in [7, 11) is 0. The van der Waals surface area contributed by atoms with E-state index in [0.717, 1.165) is 92.0 Å². The quantitative estimate of drug-likeness (QED) is 0.0731. The van der Waals surface area contributed by atoms with Gasteiger partial charge < -0.3 is 20.4 Å². The summed E-state index contributed by atoms with van der Waals surface area (Å²) in [5.41, 5.74) is 5.81. The van der Waals surface area contributed by atoms with Gasteiger partial charge in [0.15, 0.2) is 0 Å². The molecule has 0 aliphatic carbocycles. The van der Waals surface area contributed by atoms with Gasteiger partial charge in [-0.15, -0.1) is 0 Å². The molecule has 2 aromatic heterocycles. The Hall–Kier alpha value is -3.95. The molecule has 2 heterocycles. The molecule has 0 bridgehead atoms. The van der Waals surface area contributed by atoms with Crippen molar-refractivity contribution in [2.24, 2.45) is 0 Å². The summed E-state index contributed by atoms with van der Waals surface area (Å²) in [6.07, 6.45) is 8.03. The number of hydroxylamine groups is 1. The highest BCUT2D eigenvalue weighted by atomic mass is 16.5. The molecule has 0 fully saturated rings.